The van der Waals surface area contributed by atoms with Crippen LogP contribution in [0.2, 0.25) is 0 Å². The van der Waals surface area contributed by atoms with Gasteiger partial charge in [0.05, 0.1) is 0 Å². The molecule has 0 aromatic carbocycles. The highest BCUT2D eigenvalue weighted by Gasteiger charge is 2.08. The van der Waals surface area contributed by atoms with E-state index in [9.17, 15) is 0 Å². The molecule has 0 amide bonds. The van der Waals surface area contributed by atoms with Crippen molar-refractivity contribution in [3.05, 3.63) is 23.3 Å². The molecule has 0 atom stereocenters. The zero-order valence-corrected chi connectivity index (χ0v) is 9.68. The molecular formula is C10H12N6. The third kappa shape index (κ3) is 2.16. The molecular weight excluding hydrogens is 204 g/mol. The molecule has 82 valence electrons. The lowest BCUT2D eigenvalue weighted by molar-refractivity contribution is 0.877. The number of aromatic nitrogens is 6. The average molecular weight is 216 g/mol. The summed E-state index contributed by atoms with van der Waals surface area (Å²) in [6.45, 7) is 7.27. The Kier molecular flexibility index (Phi) is 2.55. The number of nitrogens with zero attached hydrogens (tertiary/aromatic N) is 6. The van der Waals surface area contributed by atoms with Gasteiger partial charge in [-0.2, -0.15) is 0 Å². The standard InChI is InChI=1S/C10H12N6/c1-5-11-6(2)14-9(13-5)10-15-7(3)12-8(4)16-10/h1-4H3. The summed E-state index contributed by atoms with van der Waals surface area (Å²) in [6, 6.07) is 0. The Bertz CT molecular complexity index is 447. The van der Waals surface area contributed by atoms with Crippen LogP contribution in [0.1, 0.15) is 23.3 Å². The van der Waals surface area contributed by atoms with Crippen LogP contribution in [0.3, 0.4) is 0 Å². The summed E-state index contributed by atoms with van der Waals surface area (Å²) in [5.74, 6) is 3.66. The SMILES string of the molecule is Cc1nc(C)nc(-c2nc(C)nc(C)n2)n1. The molecule has 0 aliphatic carbocycles. The van der Waals surface area contributed by atoms with Gasteiger partial charge in [-0.1, -0.05) is 0 Å². The minimum Gasteiger partial charge on any atom is -0.219 e. The fraction of sp³-hybridized carbons (Fsp3) is 0.400. The third-order valence-corrected chi connectivity index (χ3v) is 1.92. The van der Waals surface area contributed by atoms with Gasteiger partial charge in [0.25, 0.3) is 0 Å². The van der Waals surface area contributed by atoms with Crippen LogP contribution >= 0.6 is 0 Å². The Labute approximate surface area is 93.3 Å². The van der Waals surface area contributed by atoms with Gasteiger partial charge in [0.15, 0.2) is 0 Å². The molecule has 0 aliphatic rings. The molecule has 0 radical (unpaired) electrons. The highest BCUT2D eigenvalue weighted by Crippen LogP contribution is 2.09. The predicted octanol–water partition coefficient (Wildman–Crippen LogP) is 0.957. The van der Waals surface area contributed by atoms with Crippen LogP contribution in [-0.4, -0.2) is 29.9 Å². The first-order valence-corrected chi connectivity index (χ1v) is 4.93. The molecule has 0 spiro atoms. The monoisotopic (exact) mass is 216 g/mol. The first kappa shape index (κ1) is 10.5. The van der Waals surface area contributed by atoms with Crippen LogP contribution in [-0.2, 0) is 0 Å². The second kappa shape index (κ2) is 3.88. The third-order valence-electron chi connectivity index (χ3n) is 1.92. The molecule has 0 aliphatic heterocycles. The van der Waals surface area contributed by atoms with Crippen LogP contribution < -0.4 is 0 Å². The zero-order valence-electron chi connectivity index (χ0n) is 9.68. The average Bonchev–Trinajstić information content (AvgIpc) is 2.14. The molecule has 0 unspecified atom stereocenters. The lowest BCUT2D eigenvalue weighted by Crippen LogP contribution is -2.04. The van der Waals surface area contributed by atoms with E-state index in [0.29, 0.717) is 34.9 Å². The predicted molar refractivity (Wildman–Crippen MR) is 57.6 cm³/mol. The maximum Gasteiger partial charge on any atom is 0.201 e. The normalized spacial score (nSPS) is 10.5. The van der Waals surface area contributed by atoms with Gasteiger partial charge in [-0.25, -0.2) is 29.9 Å². The van der Waals surface area contributed by atoms with Gasteiger partial charge in [0, 0.05) is 0 Å². The van der Waals surface area contributed by atoms with E-state index in [0.717, 1.165) is 0 Å². The molecule has 6 nitrogen and oxygen atoms in total. The Morgan fingerprint density at radius 2 is 0.688 bits per heavy atom. The van der Waals surface area contributed by atoms with Gasteiger partial charge < -0.3 is 0 Å². The number of hydrogen-bond acceptors (Lipinski definition) is 6. The van der Waals surface area contributed by atoms with Crippen LogP contribution in [0.25, 0.3) is 11.6 Å². The van der Waals surface area contributed by atoms with Crippen molar-refractivity contribution < 1.29 is 0 Å². The molecule has 0 saturated heterocycles. The molecule has 0 N–H and O–H groups in total. The largest absolute Gasteiger partial charge is 0.219 e. The second-order valence-corrected chi connectivity index (χ2v) is 3.51. The smallest absolute Gasteiger partial charge is 0.201 e. The summed E-state index contributed by atoms with van der Waals surface area (Å²) in [7, 11) is 0. The van der Waals surface area contributed by atoms with Crippen molar-refractivity contribution >= 4 is 0 Å². The summed E-state index contributed by atoms with van der Waals surface area (Å²) in [5.41, 5.74) is 0. The molecule has 2 aromatic heterocycles. The van der Waals surface area contributed by atoms with E-state index in [1.54, 1.807) is 0 Å². The molecule has 2 heterocycles. The van der Waals surface area contributed by atoms with Crippen molar-refractivity contribution in [1.29, 1.82) is 0 Å². The van der Waals surface area contributed by atoms with Crippen LogP contribution in [0.4, 0.5) is 0 Å². The van der Waals surface area contributed by atoms with Crippen molar-refractivity contribution in [1.82, 2.24) is 29.9 Å². The molecule has 0 fully saturated rings. The minimum absolute atomic E-state index is 0.499. The van der Waals surface area contributed by atoms with Gasteiger partial charge in [0.1, 0.15) is 23.3 Å². The fourth-order valence-corrected chi connectivity index (χ4v) is 1.43. The Hall–Kier alpha value is -1.98. The molecule has 0 bridgehead atoms. The number of aryl methyl sites for hydroxylation is 4. The minimum atomic E-state index is 0.499. The van der Waals surface area contributed by atoms with Gasteiger partial charge in [-0.05, 0) is 27.7 Å². The summed E-state index contributed by atoms with van der Waals surface area (Å²) < 4.78 is 0. The Morgan fingerprint density at radius 3 is 0.938 bits per heavy atom. The molecule has 2 aromatic rings. The van der Waals surface area contributed by atoms with E-state index in [2.05, 4.69) is 29.9 Å². The zero-order chi connectivity index (χ0) is 11.7. The van der Waals surface area contributed by atoms with E-state index in [1.165, 1.54) is 0 Å². The first-order valence-electron chi connectivity index (χ1n) is 4.93. The van der Waals surface area contributed by atoms with Crippen molar-refractivity contribution in [2.75, 3.05) is 0 Å². The van der Waals surface area contributed by atoms with E-state index < -0.39 is 0 Å². The maximum atomic E-state index is 4.21. The van der Waals surface area contributed by atoms with Gasteiger partial charge in [0.2, 0.25) is 11.6 Å². The lowest BCUT2D eigenvalue weighted by atomic mass is 10.4. The van der Waals surface area contributed by atoms with Crippen molar-refractivity contribution in [3.63, 3.8) is 0 Å². The van der Waals surface area contributed by atoms with Crippen LogP contribution in [0.15, 0.2) is 0 Å². The van der Waals surface area contributed by atoms with E-state index in [1.807, 2.05) is 27.7 Å². The Balaban J connectivity index is 2.57. The van der Waals surface area contributed by atoms with E-state index in [-0.39, 0.29) is 0 Å². The molecule has 2 rings (SSSR count). The highest BCUT2D eigenvalue weighted by molar-refractivity contribution is 5.42. The topological polar surface area (TPSA) is 77.3 Å². The van der Waals surface area contributed by atoms with Gasteiger partial charge >= 0.3 is 0 Å². The van der Waals surface area contributed by atoms with Gasteiger partial charge in [-0.15, -0.1) is 0 Å². The van der Waals surface area contributed by atoms with E-state index in [4.69, 9.17) is 0 Å². The molecule has 16 heavy (non-hydrogen) atoms. The number of rotatable bonds is 1. The summed E-state index contributed by atoms with van der Waals surface area (Å²) in [6.07, 6.45) is 0. The molecule has 0 saturated carbocycles. The van der Waals surface area contributed by atoms with Crippen molar-refractivity contribution in [2.45, 2.75) is 27.7 Å². The first-order chi connectivity index (χ1) is 7.54. The van der Waals surface area contributed by atoms with Crippen molar-refractivity contribution in [2.24, 2.45) is 0 Å². The molecule has 6 heteroatoms. The van der Waals surface area contributed by atoms with Crippen LogP contribution in [0, 0.1) is 27.7 Å². The fourth-order valence-electron chi connectivity index (χ4n) is 1.43. The quantitative estimate of drug-likeness (QED) is 0.706. The Morgan fingerprint density at radius 1 is 0.438 bits per heavy atom. The number of hydrogen-bond donors (Lipinski definition) is 0. The highest BCUT2D eigenvalue weighted by atomic mass is 15.1. The van der Waals surface area contributed by atoms with Crippen molar-refractivity contribution in [3.8, 4) is 11.6 Å². The summed E-state index contributed by atoms with van der Waals surface area (Å²) in [5, 5.41) is 0. The maximum absolute atomic E-state index is 4.21. The lowest BCUT2D eigenvalue weighted by Gasteiger charge is -2.02. The van der Waals surface area contributed by atoms with Gasteiger partial charge in [-0.3, -0.25) is 0 Å². The summed E-state index contributed by atoms with van der Waals surface area (Å²) in [4.78, 5) is 25.1. The summed E-state index contributed by atoms with van der Waals surface area (Å²) >= 11 is 0. The van der Waals surface area contributed by atoms with E-state index >= 15 is 0 Å². The van der Waals surface area contributed by atoms with Crippen LogP contribution in [0.5, 0.6) is 0 Å². The second-order valence-electron chi connectivity index (χ2n) is 3.51.